The van der Waals surface area contributed by atoms with Gasteiger partial charge in [0.15, 0.2) is 5.65 Å². The lowest BCUT2D eigenvalue weighted by molar-refractivity contribution is -0.128. The zero-order valence-corrected chi connectivity index (χ0v) is 17.9. The standard InChI is InChI=1S/C25H20FN5O2/c1-16(32)30-13-10-18(11-14-30)23-25-28-22(17-2-6-20(26)7-3-17)24(31(25)15-12-27-23)19-4-8-21(29-33)9-5-19/h2-10,12,15H,11,13-14H2,1H3. The highest BCUT2D eigenvalue weighted by Gasteiger charge is 2.22. The minimum atomic E-state index is -0.324. The van der Waals surface area contributed by atoms with Crippen LogP contribution in [0.15, 0.2) is 72.2 Å². The summed E-state index contributed by atoms with van der Waals surface area (Å²) in [5.41, 5.74) is 5.87. The molecule has 33 heavy (non-hydrogen) atoms. The van der Waals surface area contributed by atoms with E-state index in [-0.39, 0.29) is 11.7 Å². The topological polar surface area (TPSA) is 79.9 Å². The molecule has 0 radical (unpaired) electrons. The third-order valence-corrected chi connectivity index (χ3v) is 5.86. The van der Waals surface area contributed by atoms with Gasteiger partial charge >= 0.3 is 0 Å². The van der Waals surface area contributed by atoms with Gasteiger partial charge < -0.3 is 4.90 Å². The van der Waals surface area contributed by atoms with Gasteiger partial charge in [0.2, 0.25) is 5.91 Å². The number of imidazole rings is 1. The van der Waals surface area contributed by atoms with E-state index in [2.05, 4.69) is 10.2 Å². The Bertz CT molecular complexity index is 1390. The van der Waals surface area contributed by atoms with Crippen molar-refractivity contribution < 1.29 is 9.18 Å². The number of hydrogen-bond donors (Lipinski definition) is 0. The third-order valence-electron chi connectivity index (χ3n) is 5.86. The Balaban J connectivity index is 1.71. The van der Waals surface area contributed by atoms with Crippen molar-refractivity contribution in [2.75, 3.05) is 13.1 Å². The summed E-state index contributed by atoms with van der Waals surface area (Å²) < 4.78 is 15.6. The van der Waals surface area contributed by atoms with Crippen LogP contribution in [-0.4, -0.2) is 38.3 Å². The first-order chi connectivity index (χ1) is 16.0. The van der Waals surface area contributed by atoms with Crippen molar-refractivity contribution in [1.29, 1.82) is 0 Å². The van der Waals surface area contributed by atoms with E-state index in [0.29, 0.717) is 36.5 Å². The Labute approximate surface area is 189 Å². The molecule has 1 aliphatic rings. The van der Waals surface area contributed by atoms with Gasteiger partial charge in [0.25, 0.3) is 0 Å². The number of amides is 1. The van der Waals surface area contributed by atoms with Crippen molar-refractivity contribution >= 4 is 22.8 Å². The molecule has 0 saturated carbocycles. The fourth-order valence-corrected chi connectivity index (χ4v) is 4.14. The highest BCUT2D eigenvalue weighted by atomic mass is 19.1. The highest BCUT2D eigenvalue weighted by molar-refractivity contribution is 5.86. The molecular formula is C25H20FN5O2. The molecule has 0 aliphatic carbocycles. The fraction of sp³-hybridized carbons (Fsp3) is 0.160. The number of halogens is 1. The summed E-state index contributed by atoms with van der Waals surface area (Å²) in [5.74, 6) is -0.276. The van der Waals surface area contributed by atoms with Crippen LogP contribution in [0.5, 0.6) is 0 Å². The van der Waals surface area contributed by atoms with E-state index in [1.165, 1.54) is 12.1 Å². The van der Waals surface area contributed by atoms with E-state index in [1.54, 1.807) is 42.3 Å². The lowest BCUT2D eigenvalue weighted by Crippen LogP contribution is -2.32. The van der Waals surface area contributed by atoms with Gasteiger partial charge in [-0.05, 0) is 53.6 Å². The van der Waals surface area contributed by atoms with E-state index in [4.69, 9.17) is 4.98 Å². The Morgan fingerprint density at radius 2 is 1.76 bits per heavy atom. The van der Waals surface area contributed by atoms with Crippen molar-refractivity contribution in [2.45, 2.75) is 13.3 Å². The summed E-state index contributed by atoms with van der Waals surface area (Å²) in [6, 6.07) is 13.1. The van der Waals surface area contributed by atoms with E-state index in [9.17, 15) is 14.1 Å². The van der Waals surface area contributed by atoms with Crippen LogP contribution in [-0.2, 0) is 4.79 Å². The summed E-state index contributed by atoms with van der Waals surface area (Å²) in [4.78, 5) is 33.9. The van der Waals surface area contributed by atoms with Crippen molar-refractivity contribution in [1.82, 2.24) is 19.3 Å². The monoisotopic (exact) mass is 441 g/mol. The zero-order chi connectivity index (χ0) is 22.9. The van der Waals surface area contributed by atoms with Crippen molar-refractivity contribution in [3.05, 3.63) is 83.4 Å². The summed E-state index contributed by atoms with van der Waals surface area (Å²) >= 11 is 0. The number of hydrogen-bond acceptors (Lipinski definition) is 5. The van der Waals surface area contributed by atoms with Crippen LogP contribution >= 0.6 is 0 Å². The number of aromatic nitrogens is 3. The maximum atomic E-state index is 13.6. The summed E-state index contributed by atoms with van der Waals surface area (Å²) in [6.07, 6.45) is 6.26. The predicted molar refractivity (Wildman–Crippen MR) is 124 cm³/mol. The van der Waals surface area contributed by atoms with Crippen LogP contribution in [0, 0.1) is 10.7 Å². The molecule has 0 N–H and O–H groups in total. The van der Waals surface area contributed by atoms with Crippen molar-refractivity contribution in [3.8, 4) is 22.5 Å². The van der Waals surface area contributed by atoms with Gasteiger partial charge in [-0.2, -0.15) is 0 Å². The van der Waals surface area contributed by atoms with Gasteiger partial charge in [0.1, 0.15) is 17.2 Å². The minimum Gasteiger partial charge on any atom is -0.339 e. The second-order valence-electron chi connectivity index (χ2n) is 7.87. The molecule has 2 aromatic heterocycles. The van der Waals surface area contributed by atoms with E-state index in [0.717, 1.165) is 28.1 Å². The number of carbonyl (C=O) groups is 1. The molecule has 7 nitrogen and oxygen atoms in total. The molecule has 4 aromatic rings. The Morgan fingerprint density at radius 3 is 2.39 bits per heavy atom. The van der Waals surface area contributed by atoms with E-state index >= 15 is 0 Å². The second-order valence-corrected chi connectivity index (χ2v) is 7.87. The zero-order valence-electron chi connectivity index (χ0n) is 17.9. The average Bonchev–Trinajstić information content (AvgIpc) is 3.24. The highest BCUT2D eigenvalue weighted by Crippen LogP contribution is 2.36. The van der Waals surface area contributed by atoms with E-state index < -0.39 is 0 Å². The van der Waals surface area contributed by atoms with Crippen LogP contribution in [0.1, 0.15) is 19.0 Å². The number of nitroso groups, excluding NO2 is 1. The van der Waals surface area contributed by atoms with Crippen molar-refractivity contribution in [3.63, 3.8) is 0 Å². The molecule has 0 bridgehead atoms. The molecule has 0 atom stereocenters. The molecule has 0 saturated heterocycles. The van der Waals surface area contributed by atoms with Crippen LogP contribution in [0.2, 0.25) is 0 Å². The second kappa shape index (κ2) is 8.38. The molecule has 0 unspecified atom stereocenters. The van der Waals surface area contributed by atoms with Gasteiger partial charge in [-0.25, -0.2) is 9.37 Å². The molecule has 1 aliphatic heterocycles. The Hall–Kier alpha value is -4.20. The van der Waals surface area contributed by atoms with E-state index in [1.807, 2.05) is 28.8 Å². The maximum absolute atomic E-state index is 13.6. The van der Waals surface area contributed by atoms with Gasteiger partial charge in [-0.15, -0.1) is 4.91 Å². The number of nitrogens with zero attached hydrogens (tertiary/aromatic N) is 5. The third kappa shape index (κ3) is 3.80. The van der Waals surface area contributed by atoms with Crippen LogP contribution in [0.25, 0.3) is 33.7 Å². The SMILES string of the molecule is CC(=O)N1CC=C(c2nccn3c(-c4ccc(N=O)cc4)c(-c4ccc(F)cc4)nc23)CC1. The first-order valence-corrected chi connectivity index (χ1v) is 10.6. The Morgan fingerprint density at radius 1 is 1.03 bits per heavy atom. The molecule has 0 fully saturated rings. The largest absolute Gasteiger partial charge is 0.339 e. The molecule has 2 aromatic carbocycles. The summed E-state index contributed by atoms with van der Waals surface area (Å²) in [7, 11) is 0. The first-order valence-electron chi connectivity index (χ1n) is 10.6. The molecule has 1 amide bonds. The summed E-state index contributed by atoms with van der Waals surface area (Å²) in [5, 5.41) is 2.98. The van der Waals surface area contributed by atoms with Gasteiger partial charge in [-0.3, -0.25) is 14.2 Å². The van der Waals surface area contributed by atoms with Gasteiger partial charge in [-0.1, -0.05) is 18.2 Å². The number of fused-ring (bicyclic) bond motifs is 1. The van der Waals surface area contributed by atoms with Crippen LogP contribution < -0.4 is 0 Å². The van der Waals surface area contributed by atoms with Gasteiger partial charge in [0.05, 0.1) is 11.4 Å². The predicted octanol–water partition coefficient (Wildman–Crippen LogP) is 5.24. The van der Waals surface area contributed by atoms with Crippen molar-refractivity contribution in [2.24, 2.45) is 5.18 Å². The smallest absolute Gasteiger partial charge is 0.219 e. The molecule has 164 valence electrons. The lowest BCUT2D eigenvalue weighted by atomic mass is 10.0. The molecule has 8 heteroatoms. The molecule has 3 heterocycles. The number of carbonyl (C=O) groups excluding carboxylic acids is 1. The molecule has 0 spiro atoms. The lowest BCUT2D eigenvalue weighted by Gasteiger charge is -2.25. The number of benzene rings is 2. The molecular weight excluding hydrogens is 421 g/mol. The first kappa shape index (κ1) is 20.7. The Kier molecular flexibility index (Phi) is 5.26. The van der Waals surface area contributed by atoms with Crippen LogP contribution in [0.3, 0.4) is 0 Å². The minimum absolute atomic E-state index is 0.0476. The maximum Gasteiger partial charge on any atom is 0.219 e. The van der Waals surface area contributed by atoms with Crippen LogP contribution in [0.4, 0.5) is 10.1 Å². The molecule has 5 rings (SSSR count). The fourth-order valence-electron chi connectivity index (χ4n) is 4.14. The average molecular weight is 441 g/mol. The van der Waals surface area contributed by atoms with Gasteiger partial charge in [0, 0.05) is 43.5 Å². The number of rotatable bonds is 4. The normalized spacial score (nSPS) is 13.8. The quantitative estimate of drug-likeness (QED) is 0.406. The summed E-state index contributed by atoms with van der Waals surface area (Å²) in [6.45, 7) is 2.73.